The van der Waals surface area contributed by atoms with Gasteiger partial charge in [0.1, 0.15) is 0 Å². The molecule has 0 radical (unpaired) electrons. The van der Waals surface area contributed by atoms with Crippen molar-refractivity contribution in [2.75, 3.05) is 6.54 Å². The van der Waals surface area contributed by atoms with Crippen LogP contribution in [0.4, 0.5) is 0 Å². The van der Waals surface area contributed by atoms with Crippen molar-refractivity contribution in [1.29, 1.82) is 0 Å². The van der Waals surface area contributed by atoms with Crippen LogP contribution in [0.3, 0.4) is 0 Å². The van der Waals surface area contributed by atoms with E-state index in [4.69, 9.17) is 0 Å². The molecule has 0 aromatic rings. The number of hydrogen-bond donors (Lipinski definition) is 1. The maximum Gasteiger partial charge on any atom is 0.00698 e. The Morgan fingerprint density at radius 1 is 1.13 bits per heavy atom. The van der Waals surface area contributed by atoms with Crippen LogP contribution in [0, 0.1) is 11.8 Å². The molecule has 0 amide bonds. The Labute approximate surface area is 96.0 Å². The summed E-state index contributed by atoms with van der Waals surface area (Å²) in [6.45, 7) is 8.15. The Morgan fingerprint density at radius 2 is 1.87 bits per heavy atom. The van der Waals surface area contributed by atoms with Gasteiger partial charge in [-0.15, -0.1) is 0 Å². The monoisotopic (exact) mass is 211 g/mol. The van der Waals surface area contributed by atoms with E-state index in [0.29, 0.717) is 0 Å². The summed E-state index contributed by atoms with van der Waals surface area (Å²) >= 11 is 0. The van der Waals surface area contributed by atoms with Gasteiger partial charge in [0.25, 0.3) is 0 Å². The molecule has 0 aliphatic heterocycles. The first kappa shape index (κ1) is 13.0. The van der Waals surface area contributed by atoms with Gasteiger partial charge in [0.05, 0.1) is 0 Å². The van der Waals surface area contributed by atoms with Crippen molar-refractivity contribution in [1.82, 2.24) is 5.32 Å². The zero-order valence-corrected chi connectivity index (χ0v) is 10.9. The van der Waals surface area contributed by atoms with Crippen LogP contribution in [0.25, 0.3) is 0 Å². The highest BCUT2D eigenvalue weighted by atomic mass is 14.9. The van der Waals surface area contributed by atoms with E-state index < -0.39 is 0 Å². The summed E-state index contributed by atoms with van der Waals surface area (Å²) in [6.07, 6.45) is 9.84. The maximum absolute atomic E-state index is 3.67. The number of nitrogens with one attached hydrogen (secondary N) is 1. The van der Waals surface area contributed by atoms with Crippen LogP contribution in [0.1, 0.15) is 65.7 Å². The van der Waals surface area contributed by atoms with Gasteiger partial charge in [-0.1, -0.05) is 33.6 Å². The van der Waals surface area contributed by atoms with Crippen LogP contribution in [0.5, 0.6) is 0 Å². The molecule has 0 spiro atoms. The Balaban J connectivity index is 2.17. The summed E-state index contributed by atoms with van der Waals surface area (Å²) in [6, 6.07) is 0.837. The molecule has 0 heterocycles. The molecule has 90 valence electrons. The SMILES string of the molecule is CCCNC1CCC(CC(CC)CC)C1. The van der Waals surface area contributed by atoms with E-state index in [9.17, 15) is 0 Å². The molecular weight excluding hydrogens is 182 g/mol. The fourth-order valence-corrected chi connectivity index (χ4v) is 2.92. The second-order valence-electron chi connectivity index (χ2n) is 5.25. The highest BCUT2D eigenvalue weighted by Crippen LogP contribution is 2.32. The summed E-state index contributed by atoms with van der Waals surface area (Å²) in [5.74, 6) is 2.00. The molecule has 15 heavy (non-hydrogen) atoms. The standard InChI is InChI=1S/C14H29N/c1-4-9-15-14-8-7-13(11-14)10-12(5-2)6-3/h12-15H,4-11H2,1-3H3. The second kappa shape index (κ2) is 7.27. The van der Waals surface area contributed by atoms with Crippen LogP contribution in [0.2, 0.25) is 0 Å². The molecule has 1 heteroatoms. The van der Waals surface area contributed by atoms with Crippen LogP contribution in [-0.4, -0.2) is 12.6 Å². The third-order valence-corrected chi connectivity index (χ3v) is 4.05. The minimum atomic E-state index is 0.837. The van der Waals surface area contributed by atoms with Gasteiger partial charge < -0.3 is 5.32 Å². The highest BCUT2D eigenvalue weighted by molar-refractivity contribution is 4.81. The molecule has 2 unspecified atom stereocenters. The molecule has 0 aromatic heterocycles. The topological polar surface area (TPSA) is 12.0 Å². The number of hydrogen-bond acceptors (Lipinski definition) is 1. The molecule has 0 bridgehead atoms. The van der Waals surface area contributed by atoms with Crippen molar-refractivity contribution >= 4 is 0 Å². The second-order valence-corrected chi connectivity index (χ2v) is 5.25. The predicted octanol–water partition coefficient (Wildman–Crippen LogP) is 3.98. The summed E-state index contributed by atoms with van der Waals surface area (Å²) in [5.41, 5.74) is 0. The molecular formula is C14H29N. The normalized spacial score (nSPS) is 26.4. The highest BCUT2D eigenvalue weighted by Gasteiger charge is 2.25. The Kier molecular flexibility index (Phi) is 6.31. The summed E-state index contributed by atoms with van der Waals surface area (Å²) in [7, 11) is 0. The van der Waals surface area contributed by atoms with E-state index in [1.54, 1.807) is 0 Å². The van der Waals surface area contributed by atoms with Gasteiger partial charge in [0.2, 0.25) is 0 Å². The average molecular weight is 211 g/mol. The zero-order chi connectivity index (χ0) is 11.1. The van der Waals surface area contributed by atoms with Crippen molar-refractivity contribution in [2.24, 2.45) is 11.8 Å². The molecule has 1 aliphatic carbocycles. The van der Waals surface area contributed by atoms with Gasteiger partial charge >= 0.3 is 0 Å². The molecule has 1 nitrogen and oxygen atoms in total. The fraction of sp³-hybridized carbons (Fsp3) is 1.00. The summed E-state index contributed by atoms with van der Waals surface area (Å²) in [5, 5.41) is 3.67. The summed E-state index contributed by atoms with van der Waals surface area (Å²) in [4.78, 5) is 0. The largest absolute Gasteiger partial charge is 0.314 e. The van der Waals surface area contributed by atoms with Crippen LogP contribution < -0.4 is 5.32 Å². The van der Waals surface area contributed by atoms with E-state index in [1.165, 1.54) is 51.5 Å². The first-order valence-corrected chi connectivity index (χ1v) is 7.03. The minimum absolute atomic E-state index is 0.837. The smallest absolute Gasteiger partial charge is 0.00698 e. The third kappa shape index (κ3) is 4.55. The van der Waals surface area contributed by atoms with Crippen molar-refractivity contribution in [3.05, 3.63) is 0 Å². The van der Waals surface area contributed by atoms with Gasteiger partial charge in [-0.2, -0.15) is 0 Å². The van der Waals surface area contributed by atoms with Crippen molar-refractivity contribution in [3.8, 4) is 0 Å². The Morgan fingerprint density at radius 3 is 2.47 bits per heavy atom. The van der Waals surface area contributed by atoms with Crippen molar-refractivity contribution < 1.29 is 0 Å². The minimum Gasteiger partial charge on any atom is -0.314 e. The molecule has 1 fully saturated rings. The third-order valence-electron chi connectivity index (χ3n) is 4.05. The molecule has 2 atom stereocenters. The van der Waals surface area contributed by atoms with Crippen LogP contribution in [-0.2, 0) is 0 Å². The van der Waals surface area contributed by atoms with Gasteiger partial charge in [-0.05, 0) is 50.5 Å². The summed E-state index contributed by atoms with van der Waals surface area (Å²) < 4.78 is 0. The average Bonchev–Trinajstić information content (AvgIpc) is 2.70. The van der Waals surface area contributed by atoms with Gasteiger partial charge in [-0.3, -0.25) is 0 Å². The van der Waals surface area contributed by atoms with Gasteiger partial charge in [0.15, 0.2) is 0 Å². The maximum atomic E-state index is 3.67. The lowest BCUT2D eigenvalue weighted by molar-refractivity contribution is 0.351. The molecule has 1 aliphatic rings. The molecule has 1 saturated carbocycles. The van der Waals surface area contributed by atoms with E-state index in [-0.39, 0.29) is 0 Å². The van der Waals surface area contributed by atoms with Crippen molar-refractivity contribution in [2.45, 2.75) is 71.8 Å². The lowest BCUT2D eigenvalue weighted by atomic mass is 9.89. The van der Waals surface area contributed by atoms with Crippen molar-refractivity contribution in [3.63, 3.8) is 0 Å². The Hall–Kier alpha value is -0.0400. The predicted molar refractivity (Wildman–Crippen MR) is 68.1 cm³/mol. The Bertz CT molecular complexity index is 151. The molecule has 1 N–H and O–H groups in total. The lowest BCUT2D eigenvalue weighted by Crippen LogP contribution is -2.27. The molecule has 1 rings (SSSR count). The fourth-order valence-electron chi connectivity index (χ4n) is 2.92. The van der Waals surface area contributed by atoms with E-state index in [2.05, 4.69) is 26.1 Å². The first-order valence-electron chi connectivity index (χ1n) is 7.03. The lowest BCUT2D eigenvalue weighted by Gasteiger charge is -2.18. The van der Waals surface area contributed by atoms with Crippen LogP contribution >= 0.6 is 0 Å². The quantitative estimate of drug-likeness (QED) is 0.671. The van der Waals surface area contributed by atoms with Crippen LogP contribution in [0.15, 0.2) is 0 Å². The van der Waals surface area contributed by atoms with E-state index in [1.807, 2.05) is 0 Å². The first-order chi connectivity index (χ1) is 7.30. The number of rotatable bonds is 7. The zero-order valence-electron chi connectivity index (χ0n) is 10.9. The van der Waals surface area contributed by atoms with Gasteiger partial charge in [-0.25, -0.2) is 0 Å². The van der Waals surface area contributed by atoms with E-state index in [0.717, 1.165) is 17.9 Å². The van der Waals surface area contributed by atoms with E-state index >= 15 is 0 Å². The molecule has 0 aromatic carbocycles. The van der Waals surface area contributed by atoms with Gasteiger partial charge in [0, 0.05) is 6.04 Å². The molecule has 0 saturated heterocycles.